The molecule has 13 nitrogen and oxygen atoms in total. The Morgan fingerprint density at radius 3 is 2.14 bits per heavy atom. The van der Waals surface area contributed by atoms with Gasteiger partial charge in [0.25, 0.3) is 21.8 Å². The molecule has 3 N–H and O–H groups in total. The number of aromatic nitrogens is 1. The van der Waals surface area contributed by atoms with E-state index in [4.69, 9.17) is 9.47 Å². The van der Waals surface area contributed by atoms with Crippen LogP contribution in [0.5, 0.6) is 11.6 Å². The maximum Gasteiger partial charge on any atom is 0.414 e. The molecule has 42 heavy (non-hydrogen) atoms. The Bertz CT molecular complexity index is 1490. The molecule has 0 bridgehead atoms. The maximum atomic E-state index is 12.7. The zero-order chi connectivity index (χ0) is 30.5. The highest BCUT2D eigenvalue weighted by molar-refractivity contribution is 7.90. The predicted molar refractivity (Wildman–Crippen MR) is 150 cm³/mol. The van der Waals surface area contributed by atoms with E-state index >= 15 is 0 Å². The van der Waals surface area contributed by atoms with E-state index < -0.39 is 28.0 Å². The SMILES string of the molecule is CCOc1ccc(C(=O)NCCc2ccc(S(=O)(=O)NC(=O)c3ccc(OC(=O)NCCOC(C)=O)nc3)cc2)cc1. The third-order valence-corrected chi connectivity index (χ3v) is 6.81. The van der Waals surface area contributed by atoms with Gasteiger partial charge in [-0.2, -0.15) is 0 Å². The molecular weight excluding hydrogens is 568 g/mol. The lowest BCUT2D eigenvalue weighted by atomic mass is 10.1. The van der Waals surface area contributed by atoms with Gasteiger partial charge in [-0.25, -0.2) is 22.9 Å². The summed E-state index contributed by atoms with van der Waals surface area (Å²) in [6.07, 6.45) is 0.657. The Morgan fingerprint density at radius 2 is 1.52 bits per heavy atom. The molecule has 0 saturated heterocycles. The van der Waals surface area contributed by atoms with Crippen LogP contribution < -0.4 is 24.8 Å². The molecule has 0 radical (unpaired) electrons. The summed E-state index contributed by atoms with van der Waals surface area (Å²) in [6, 6.07) is 15.1. The van der Waals surface area contributed by atoms with Gasteiger partial charge in [0.15, 0.2) is 0 Å². The van der Waals surface area contributed by atoms with Crippen LogP contribution in [0.15, 0.2) is 71.8 Å². The summed E-state index contributed by atoms with van der Waals surface area (Å²) in [6.45, 7) is 3.97. The molecule has 1 heterocycles. The first kappa shape index (κ1) is 31.5. The molecule has 2 aromatic carbocycles. The number of rotatable bonds is 13. The van der Waals surface area contributed by atoms with E-state index in [1.54, 1.807) is 36.4 Å². The number of ether oxygens (including phenoxy) is 3. The van der Waals surface area contributed by atoms with Crippen molar-refractivity contribution in [3.8, 4) is 11.6 Å². The van der Waals surface area contributed by atoms with Crippen LogP contribution in [0.2, 0.25) is 0 Å². The van der Waals surface area contributed by atoms with E-state index in [2.05, 4.69) is 20.4 Å². The molecule has 0 aliphatic carbocycles. The molecule has 3 aromatic rings. The molecule has 0 saturated carbocycles. The zero-order valence-electron chi connectivity index (χ0n) is 22.9. The van der Waals surface area contributed by atoms with Gasteiger partial charge >= 0.3 is 12.1 Å². The Morgan fingerprint density at radius 1 is 0.833 bits per heavy atom. The summed E-state index contributed by atoms with van der Waals surface area (Å²) in [5.74, 6) is -1.11. The minimum absolute atomic E-state index is 0.0267. The summed E-state index contributed by atoms with van der Waals surface area (Å²) in [7, 11) is -4.19. The fourth-order valence-electron chi connectivity index (χ4n) is 3.42. The monoisotopic (exact) mass is 598 g/mol. The van der Waals surface area contributed by atoms with Crippen molar-refractivity contribution in [2.75, 3.05) is 26.3 Å². The number of benzene rings is 2. The molecule has 0 aliphatic heterocycles. The minimum Gasteiger partial charge on any atom is -0.494 e. The van der Waals surface area contributed by atoms with Gasteiger partial charge < -0.3 is 24.8 Å². The Kier molecular flexibility index (Phi) is 11.4. The number of esters is 1. The summed E-state index contributed by atoms with van der Waals surface area (Å²) in [5.41, 5.74) is 1.19. The van der Waals surface area contributed by atoms with Crippen LogP contribution in [0.3, 0.4) is 0 Å². The van der Waals surface area contributed by atoms with Gasteiger partial charge in [0, 0.05) is 31.3 Å². The molecule has 3 rings (SSSR count). The zero-order valence-corrected chi connectivity index (χ0v) is 23.7. The standard InChI is InChI=1S/C28H30N4O9S/c1-3-39-23-9-6-21(7-10-23)26(34)29-15-14-20-4-11-24(12-5-20)42(37,38)32-27(35)22-8-13-25(31-18-22)41-28(36)30-16-17-40-19(2)33/h4-13,18H,3,14-17H2,1-2H3,(H,29,34)(H,30,36)(H,32,35). The normalized spacial score (nSPS) is 10.7. The average Bonchev–Trinajstić information content (AvgIpc) is 2.96. The van der Waals surface area contributed by atoms with Gasteiger partial charge in [0.2, 0.25) is 5.88 Å². The van der Waals surface area contributed by atoms with Crippen molar-refractivity contribution < 1.29 is 41.8 Å². The number of hydrogen-bond donors (Lipinski definition) is 3. The summed E-state index contributed by atoms with van der Waals surface area (Å²) in [5, 5.41) is 5.15. The molecule has 0 spiro atoms. The Hall–Kier alpha value is -4.98. The number of amides is 3. The summed E-state index contributed by atoms with van der Waals surface area (Å²) >= 11 is 0. The van der Waals surface area contributed by atoms with Crippen LogP contribution in [-0.4, -0.2) is 63.6 Å². The number of nitrogens with zero attached hydrogens (tertiary/aromatic N) is 1. The van der Waals surface area contributed by atoms with E-state index in [1.807, 2.05) is 11.6 Å². The van der Waals surface area contributed by atoms with Gasteiger partial charge in [0.05, 0.1) is 23.6 Å². The second kappa shape index (κ2) is 15.1. The van der Waals surface area contributed by atoms with E-state index in [1.165, 1.54) is 31.2 Å². The third kappa shape index (κ3) is 9.89. The Balaban J connectivity index is 1.47. The number of sulfonamides is 1. The lowest BCUT2D eigenvalue weighted by molar-refractivity contribution is -0.140. The predicted octanol–water partition coefficient (Wildman–Crippen LogP) is 2.22. The fourth-order valence-corrected chi connectivity index (χ4v) is 4.39. The van der Waals surface area contributed by atoms with Gasteiger partial charge in [-0.05, 0) is 61.4 Å². The van der Waals surface area contributed by atoms with Crippen LogP contribution >= 0.6 is 0 Å². The van der Waals surface area contributed by atoms with Gasteiger partial charge in [-0.15, -0.1) is 0 Å². The molecule has 0 fully saturated rings. The van der Waals surface area contributed by atoms with Crippen molar-refractivity contribution in [3.63, 3.8) is 0 Å². The van der Waals surface area contributed by atoms with Crippen LogP contribution in [0.1, 0.15) is 40.1 Å². The van der Waals surface area contributed by atoms with E-state index in [-0.39, 0.29) is 35.4 Å². The number of carbonyl (C=O) groups is 4. The fraction of sp³-hybridized carbons (Fsp3) is 0.250. The number of carbonyl (C=O) groups excluding carboxylic acids is 4. The largest absolute Gasteiger partial charge is 0.494 e. The molecule has 3 amide bonds. The van der Waals surface area contributed by atoms with Crippen LogP contribution in [0, 0.1) is 0 Å². The first-order chi connectivity index (χ1) is 20.1. The van der Waals surface area contributed by atoms with E-state index in [0.717, 1.165) is 11.8 Å². The van der Waals surface area contributed by atoms with Gasteiger partial charge in [-0.3, -0.25) is 14.4 Å². The number of pyridine rings is 1. The first-order valence-electron chi connectivity index (χ1n) is 12.8. The lowest BCUT2D eigenvalue weighted by Crippen LogP contribution is -2.31. The van der Waals surface area contributed by atoms with Crippen molar-refractivity contribution in [1.82, 2.24) is 20.3 Å². The highest BCUT2D eigenvalue weighted by atomic mass is 32.2. The van der Waals surface area contributed by atoms with Gasteiger partial charge in [-0.1, -0.05) is 12.1 Å². The molecule has 0 atom stereocenters. The number of nitrogens with one attached hydrogen (secondary N) is 3. The van der Waals surface area contributed by atoms with Crippen molar-refractivity contribution in [2.45, 2.75) is 25.2 Å². The number of hydrogen-bond acceptors (Lipinski definition) is 10. The third-order valence-electron chi connectivity index (χ3n) is 5.46. The van der Waals surface area contributed by atoms with E-state index in [9.17, 15) is 27.6 Å². The Labute approximate surface area is 242 Å². The molecule has 0 aliphatic rings. The highest BCUT2D eigenvalue weighted by Crippen LogP contribution is 2.14. The summed E-state index contributed by atoms with van der Waals surface area (Å²) in [4.78, 5) is 50.9. The van der Waals surface area contributed by atoms with Crippen molar-refractivity contribution in [1.29, 1.82) is 0 Å². The van der Waals surface area contributed by atoms with Crippen molar-refractivity contribution in [3.05, 3.63) is 83.6 Å². The van der Waals surface area contributed by atoms with Crippen LogP contribution in [0.25, 0.3) is 0 Å². The van der Waals surface area contributed by atoms with Crippen LogP contribution in [-0.2, 0) is 26.0 Å². The topological polar surface area (TPSA) is 179 Å². The molecule has 1 aromatic heterocycles. The van der Waals surface area contributed by atoms with Crippen molar-refractivity contribution >= 4 is 33.9 Å². The second-order valence-electron chi connectivity index (χ2n) is 8.58. The second-order valence-corrected chi connectivity index (χ2v) is 10.3. The van der Waals surface area contributed by atoms with Crippen LogP contribution in [0.4, 0.5) is 4.79 Å². The molecule has 14 heteroatoms. The average molecular weight is 599 g/mol. The molecule has 0 unspecified atom stereocenters. The van der Waals surface area contributed by atoms with Gasteiger partial charge in [0.1, 0.15) is 12.4 Å². The highest BCUT2D eigenvalue weighted by Gasteiger charge is 2.19. The first-order valence-corrected chi connectivity index (χ1v) is 14.3. The lowest BCUT2D eigenvalue weighted by Gasteiger charge is -2.09. The summed E-state index contributed by atoms with van der Waals surface area (Å²) < 4.78 is 42.3. The molecular formula is C28H30N4O9S. The molecule has 222 valence electrons. The maximum absolute atomic E-state index is 12.7. The smallest absolute Gasteiger partial charge is 0.414 e. The van der Waals surface area contributed by atoms with E-state index in [0.29, 0.717) is 30.9 Å². The minimum atomic E-state index is -4.19. The quantitative estimate of drug-likeness (QED) is 0.195. The van der Waals surface area contributed by atoms with Crippen molar-refractivity contribution in [2.24, 2.45) is 0 Å².